The Labute approximate surface area is 286 Å². The van der Waals surface area contributed by atoms with E-state index in [9.17, 15) is 19.2 Å². The van der Waals surface area contributed by atoms with Gasteiger partial charge in [0, 0.05) is 0 Å². The summed E-state index contributed by atoms with van der Waals surface area (Å²) >= 11 is 0. The van der Waals surface area contributed by atoms with Crippen molar-refractivity contribution in [3.63, 3.8) is 0 Å². The van der Waals surface area contributed by atoms with E-state index in [1.165, 1.54) is 0 Å². The Kier molecular flexibility index (Phi) is 20.0. The molecule has 10 nitrogen and oxygen atoms in total. The van der Waals surface area contributed by atoms with Crippen LogP contribution in [-0.4, -0.2) is 35.1 Å². The molecule has 0 N–H and O–H groups in total. The molecule has 48 heavy (non-hydrogen) atoms. The van der Waals surface area contributed by atoms with Crippen molar-refractivity contribution in [3.05, 3.63) is 71.8 Å². The van der Waals surface area contributed by atoms with E-state index in [0.29, 0.717) is 24.0 Å². The maximum absolute atomic E-state index is 12.2. The maximum atomic E-state index is 12.2. The second kappa shape index (κ2) is 22.7. The molecule has 0 aromatic heterocycles. The largest absolute Gasteiger partial charge is 0.386 e. The summed E-state index contributed by atoms with van der Waals surface area (Å²) in [4.78, 5) is 77.6. The molecule has 0 saturated heterocycles. The standard InChI is InChI=1S/C24H46O6.C14H10O4/c1-9-13-15-19(11-3)21(25)27-29-23(5,6)17-18-24(7,8)30-28-22(26)20(12-4)16-14-10-2;15-13(11-7-3-1-4-8-11)17-18-14(16)12-9-5-2-6-10-12/h19-20H,9-18H2,1-8H3;1-10H. The van der Waals surface area contributed by atoms with Crippen molar-refractivity contribution < 1.29 is 48.5 Å². The molecular weight excluding hydrogens is 616 g/mol. The van der Waals surface area contributed by atoms with Gasteiger partial charge in [-0.05, 0) is 90.5 Å². The molecule has 0 heterocycles. The van der Waals surface area contributed by atoms with Gasteiger partial charge in [-0.15, -0.1) is 0 Å². The fourth-order valence-corrected chi connectivity index (χ4v) is 4.33. The molecular formula is C38H56O10. The van der Waals surface area contributed by atoms with Gasteiger partial charge in [0.25, 0.3) is 0 Å². The molecule has 0 aliphatic heterocycles. The summed E-state index contributed by atoms with van der Waals surface area (Å²) in [5.74, 6) is -2.28. The molecule has 10 heteroatoms. The Morgan fingerprint density at radius 1 is 0.542 bits per heavy atom. The third-order valence-corrected chi connectivity index (χ3v) is 7.70. The van der Waals surface area contributed by atoms with Gasteiger partial charge in [-0.25, -0.2) is 29.0 Å². The molecule has 2 aromatic carbocycles. The van der Waals surface area contributed by atoms with Gasteiger partial charge < -0.3 is 0 Å². The lowest BCUT2D eigenvalue weighted by atomic mass is 9.94. The molecule has 2 aromatic rings. The van der Waals surface area contributed by atoms with Gasteiger partial charge in [0.1, 0.15) is 11.2 Å². The average molecular weight is 673 g/mol. The first-order valence-corrected chi connectivity index (χ1v) is 17.1. The predicted molar refractivity (Wildman–Crippen MR) is 182 cm³/mol. The zero-order valence-electron chi connectivity index (χ0n) is 30.1. The van der Waals surface area contributed by atoms with E-state index >= 15 is 0 Å². The summed E-state index contributed by atoms with van der Waals surface area (Å²) in [5.41, 5.74) is -0.705. The molecule has 0 amide bonds. The minimum atomic E-state index is -0.708. The number of benzene rings is 2. The van der Waals surface area contributed by atoms with Crippen LogP contribution in [0.2, 0.25) is 0 Å². The van der Waals surface area contributed by atoms with Crippen molar-refractivity contribution in [1.82, 2.24) is 0 Å². The first-order chi connectivity index (χ1) is 22.8. The molecule has 0 radical (unpaired) electrons. The number of unbranched alkanes of at least 4 members (excludes halogenated alkanes) is 2. The van der Waals surface area contributed by atoms with E-state index in [4.69, 9.17) is 19.6 Å². The zero-order chi connectivity index (χ0) is 36.0. The molecule has 0 fully saturated rings. The molecule has 0 bridgehead atoms. The molecule has 2 atom stereocenters. The second-order valence-electron chi connectivity index (χ2n) is 13.0. The Hall–Kier alpha value is -3.76. The topological polar surface area (TPSA) is 124 Å². The fraction of sp³-hybridized carbons (Fsp3) is 0.579. The molecule has 0 spiro atoms. The van der Waals surface area contributed by atoms with Gasteiger partial charge in [-0.3, -0.25) is 9.78 Å². The molecule has 2 unspecified atom stereocenters. The summed E-state index contributed by atoms with van der Waals surface area (Å²) in [7, 11) is 0. The van der Waals surface area contributed by atoms with Gasteiger partial charge >= 0.3 is 23.9 Å². The average Bonchev–Trinajstić information content (AvgIpc) is 3.09. The molecule has 268 valence electrons. The highest BCUT2D eigenvalue weighted by molar-refractivity contribution is 5.92. The highest BCUT2D eigenvalue weighted by Crippen LogP contribution is 2.27. The van der Waals surface area contributed by atoms with E-state index < -0.39 is 23.1 Å². The predicted octanol–water partition coefficient (Wildman–Crippen LogP) is 9.32. The Morgan fingerprint density at radius 3 is 1.17 bits per heavy atom. The van der Waals surface area contributed by atoms with Crippen LogP contribution in [0.25, 0.3) is 0 Å². The van der Waals surface area contributed by atoms with Crippen molar-refractivity contribution in [1.29, 1.82) is 0 Å². The van der Waals surface area contributed by atoms with Crippen LogP contribution in [0.3, 0.4) is 0 Å². The zero-order valence-corrected chi connectivity index (χ0v) is 30.1. The molecule has 0 aliphatic carbocycles. The SMILES string of the molecule is CCCCC(CC)C(=O)OOC(C)(C)CCC(C)(C)OOC(=O)C(CC)CCCC.O=C(OOC(=O)c1ccccc1)c1ccccc1. The van der Waals surface area contributed by atoms with Crippen molar-refractivity contribution in [3.8, 4) is 0 Å². The summed E-state index contributed by atoms with van der Waals surface area (Å²) in [6.45, 7) is 15.7. The van der Waals surface area contributed by atoms with E-state index in [1.54, 1.807) is 60.7 Å². The maximum Gasteiger partial charge on any atom is 0.386 e. The van der Waals surface area contributed by atoms with E-state index in [-0.39, 0.29) is 23.8 Å². The first-order valence-electron chi connectivity index (χ1n) is 17.1. The highest BCUT2D eigenvalue weighted by atomic mass is 17.2. The lowest BCUT2D eigenvalue weighted by Gasteiger charge is -2.29. The van der Waals surface area contributed by atoms with E-state index in [0.717, 1.165) is 51.4 Å². The van der Waals surface area contributed by atoms with Crippen molar-refractivity contribution in [2.75, 3.05) is 0 Å². The molecule has 0 saturated carbocycles. The second-order valence-corrected chi connectivity index (χ2v) is 13.0. The van der Waals surface area contributed by atoms with Crippen molar-refractivity contribution in [2.45, 2.75) is 131 Å². The van der Waals surface area contributed by atoms with Crippen LogP contribution in [-0.2, 0) is 38.9 Å². The number of rotatable bonds is 19. The summed E-state index contributed by atoms with van der Waals surface area (Å²) in [6.07, 6.45) is 8.36. The lowest BCUT2D eigenvalue weighted by Crippen LogP contribution is -2.34. The Morgan fingerprint density at radius 2 is 0.875 bits per heavy atom. The van der Waals surface area contributed by atoms with E-state index in [1.807, 2.05) is 41.5 Å². The third-order valence-electron chi connectivity index (χ3n) is 7.70. The Balaban J connectivity index is 0.000000539. The van der Waals surface area contributed by atoms with Crippen LogP contribution >= 0.6 is 0 Å². The van der Waals surface area contributed by atoms with Crippen molar-refractivity contribution >= 4 is 23.9 Å². The summed E-state index contributed by atoms with van der Waals surface area (Å²) in [6, 6.07) is 16.6. The number of carbonyl (C=O) groups excluding carboxylic acids is 4. The van der Waals surface area contributed by atoms with Crippen LogP contribution in [0.4, 0.5) is 0 Å². The monoisotopic (exact) mass is 672 g/mol. The van der Waals surface area contributed by atoms with Gasteiger partial charge in [-0.2, -0.15) is 9.78 Å². The normalized spacial score (nSPS) is 12.5. The van der Waals surface area contributed by atoms with Gasteiger partial charge in [0.2, 0.25) is 0 Å². The highest BCUT2D eigenvalue weighted by Gasteiger charge is 2.31. The van der Waals surface area contributed by atoms with Crippen LogP contribution in [0, 0.1) is 11.8 Å². The van der Waals surface area contributed by atoms with E-state index in [2.05, 4.69) is 23.6 Å². The van der Waals surface area contributed by atoms with Gasteiger partial charge in [0.15, 0.2) is 0 Å². The fourth-order valence-electron chi connectivity index (χ4n) is 4.33. The third kappa shape index (κ3) is 17.4. The van der Waals surface area contributed by atoms with Crippen LogP contribution in [0.15, 0.2) is 60.7 Å². The number of hydrogen-bond acceptors (Lipinski definition) is 10. The lowest BCUT2D eigenvalue weighted by molar-refractivity contribution is -0.343. The Bertz CT molecular complexity index is 1110. The minimum absolute atomic E-state index is 0.126. The van der Waals surface area contributed by atoms with Crippen LogP contribution in [0.5, 0.6) is 0 Å². The quantitative estimate of drug-likeness (QED) is 0.105. The number of hydrogen-bond donors (Lipinski definition) is 0. The summed E-state index contributed by atoms with van der Waals surface area (Å²) in [5, 5.41) is 0. The first kappa shape index (κ1) is 42.3. The van der Waals surface area contributed by atoms with Crippen LogP contribution < -0.4 is 0 Å². The molecule has 2 rings (SSSR count). The van der Waals surface area contributed by atoms with Gasteiger partial charge in [0.05, 0.1) is 23.0 Å². The smallest absolute Gasteiger partial charge is 0.298 e. The minimum Gasteiger partial charge on any atom is -0.298 e. The molecule has 0 aliphatic rings. The van der Waals surface area contributed by atoms with Crippen molar-refractivity contribution in [2.24, 2.45) is 11.8 Å². The van der Waals surface area contributed by atoms with Crippen LogP contribution in [0.1, 0.15) is 140 Å². The summed E-state index contributed by atoms with van der Waals surface area (Å²) < 4.78 is 0. The number of carbonyl (C=O) groups is 4. The van der Waals surface area contributed by atoms with Gasteiger partial charge in [-0.1, -0.05) is 89.8 Å².